The number of carbonyl (C=O) groups excluding carboxylic acids is 1. The van der Waals surface area contributed by atoms with Crippen molar-refractivity contribution >= 4 is 5.91 Å². The molecule has 4 heteroatoms. The van der Waals surface area contributed by atoms with Crippen LogP contribution >= 0.6 is 0 Å². The van der Waals surface area contributed by atoms with Crippen molar-refractivity contribution in [3.63, 3.8) is 0 Å². The average molecular weight is 403 g/mol. The largest absolute Gasteiger partial charge is 0.385 e. The standard InChI is InChI=1S/C25H42N2O2/c1-19(2)10-8-12-21(5)14-16-26-23(7)18-24(28)25(29)27-17-15-22(6)13-9-11-20(3)4/h10-11,14-15,24,26,28H,7-9,12-13,16-18H2,1-6H3,(H,27,29)/b21-14+,22-15+. The zero-order valence-electron chi connectivity index (χ0n) is 19.4. The van der Waals surface area contributed by atoms with Crippen LogP contribution in [0.15, 0.2) is 58.9 Å². The van der Waals surface area contributed by atoms with Gasteiger partial charge in [0.15, 0.2) is 0 Å². The fourth-order valence-electron chi connectivity index (χ4n) is 2.59. The summed E-state index contributed by atoms with van der Waals surface area (Å²) in [4.78, 5) is 12.0. The van der Waals surface area contributed by atoms with Crippen molar-refractivity contribution in [2.24, 2.45) is 0 Å². The van der Waals surface area contributed by atoms with Crippen LogP contribution in [0.1, 0.15) is 73.6 Å². The van der Waals surface area contributed by atoms with E-state index in [-0.39, 0.29) is 12.3 Å². The van der Waals surface area contributed by atoms with E-state index >= 15 is 0 Å². The van der Waals surface area contributed by atoms with Gasteiger partial charge < -0.3 is 15.7 Å². The molecule has 1 amide bonds. The number of nitrogens with one attached hydrogen (secondary N) is 2. The Hall–Kier alpha value is -2.07. The average Bonchev–Trinajstić information content (AvgIpc) is 2.60. The van der Waals surface area contributed by atoms with Crippen LogP contribution in [0.3, 0.4) is 0 Å². The summed E-state index contributed by atoms with van der Waals surface area (Å²) in [6, 6.07) is 0. The summed E-state index contributed by atoms with van der Waals surface area (Å²) in [5.41, 5.74) is 5.86. The van der Waals surface area contributed by atoms with E-state index in [1.165, 1.54) is 22.3 Å². The van der Waals surface area contributed by atoms with Crippen molar-refractivity contribution in [3.8, 4) is 0 Å². The van der Waals surface area contributed by atoms with Crippen LogP contribution in [0.5, 0.6) is 0 Å². The third kappa shape index (κ3) is 16.6. The Bertz CT molecular complexity index is 631. The number of aliphatic hydroxyl groups excluding tert-OH is 1. The Morgan fingerprint density at radius 3 is 1.72 bits per heavy atom. The Labute approximate surface area is 178 Å². The van der Waals surface area contributed by atoms with E-state index in [9.17, 15) is 9.90 Å². The van der Waals surface area contributed by atoms with Gasteiger partial charge in [0, 0.05) is 25.2 Å². The number of hydrogen-bond acceptors (Lipinski definition) is 3. The van der Waals surface area contributed by atoms with E-state index < -0.39 is 6.10 Å². The van der Waals surface area contributed by atoms with Crippen molar-refractivity contribution in [2.75, 3.05) is 13.1 Å². The van der Waals surface area contributed by atoms with Crippen molar-refractivity contribution in [1.82, 2.24) is 10.6 Å². The van der Waals surface area contributed by atoms with Crippen LogP contribution in [0, 0.1) is 0 Å². The number of hydrogen-bond donors (Lipinski definition) is 3. The van der Waals surface area contributed by atoms with E-state index in [2.05, 4.69) is 77.0 Å². The maximum Gasteiger partial charge on any atom is 0.249 e. The molecule has 0 aromatic heterocycles. The molecule has 0 aliphatic heterocycles. The molecule has 0 rings (SSSR count). The molecule has 0 radical (unpaired) electrons. The number of aliphatic hydroxyl groups is 1. The molecule has 0 aliphatic rings. The van der Waals surface area contributed by atoms with Crippen LogP contribution in [0.4, 0.5) is 0 Å². The van der Waals surface area contributed by atoms with Gasteiger partial charge in [-0.3, -0.25) is 4.79 Å². The van der Waals surface area contributed by atoms with Crippen LogP contribution in [-0.2, 0) is 4.79 Å². The highest BCUT2D eigenvalue weighted by molar-refractivity contribution is 5.80. The SMILES string of the molecule is C=C(CC(O)C(=O)NC/C=C(\C)CCC=C(C)C)NC/C=C(\C)CCC=C(C)C. The molecule has 0 aromatic carbocycles. The summed E-state index contributed by atoms with van der Waals surface area (Å²) in [5, 5.41) is 16.0. The molecule has 0 fully saturated rings. The lowest BCUT2D eigenvalue weighted by Crippen LogP contribution is -2.36. The van der Waals surface area contributed by atoms with Crippen LogP contribution < -0.4 is 10.6 Å². The molecule has 0 saturated heterocycles. The third-order valence-electron chi connectivity index (χ3n) is 4.45. The van der Waals surface area contributed by atoms with Gasteiger partial charge in [-0.25, -0.2) is 0 Å². The minimum atomic E-state index is -1.09. The van der Waals surface area contributed by atoms with Gasteiger partial charge in [0.1, 0.15) is 6.10 Å². The minimum Gasteiger partial charge on any atom is -0.385 e. The van der Waals surface area contributed by atoms with Gasteiger partial charge in [0.25, 0.3) is 0 Å². The van der Waals surface area contributed by atoms with Gasteiger partial charge in [-0.2, -0.15) is 0 Å². The van der Waals surface area contributed by atoms with Gasteiger partial charge >= 0.3 is 0 Å². The Morgan fingerprint density at radius 1 is 0.828 bits per heavy atom. The fourth-order valence-corrected chi connectivity index (χ4v) is 2.59. The van der Waals surface area contributed by atoms with Crippen molar-refractivity contribution in [3.05, 3.63) is 58.9 Å². The Balaban J connectivity index is 4.13. The van der Waals surface area contributed by atoms with E-state index in [1.54, 1.807) is 0 Å². The van der Waals surface area contributed by atoms with Crippen molar-refractivity contribution in [2.45, 2.75) is 79.8 Å². The molecule has 0 spiro atoms. The highest BCUT2D eigenvalue weighted by atomic mass is 16.3. The summed E-state index contributed by atoms with van der Waals surface area (Å²) in [7, 11) is 0. The van der Waals surface area contributed by atoms with Crippen molar-refractivity contribution in [1.29, 1.82) is 0 Å². The highest BCUT2D eigenvalue weighted by Gasteiger charge is 2.15. The summed E-state index contributed by atoms with van der Waals surface area (Å²) >= 11 is 0. The normalized spacial score (nSPS) is 12.8. The maximum absolute atomic E-state index is 12.0. The zero-order valence-corrected chi connectivity index (χ0v) is 19.4. The number of rotatable bonds is 14. The van der Waals surface area contributed by atoms with Crippen LogP contribution in [0.25, 0.3) is 0 Å². The molecule has 1 atom stereocenters. The molecule has 3 N–H and O–H groups in total. The first-order valence-electron chi connectivity index (χ1n) is 10.6. The van der Waals surface area contributed by atoms with E-state index in [0.29, 0.717) is 18.8 Å². The Morgan fingerprint density at radius 2 is 1.28 bits per heavy atom. The summed E-state index contributed by atoms with van der Waals surface area (Å²) in [6.45, 7) is 17.6. The molecule has 0 bridgehead atoms. The quantitative estimate of drug-likeness (QED) is 0.344. The molecule has 0 aromatic rings. The molecular weight excluding hydrogens is 360 g/mol. The smallest absolute Gasteiger partial charge is 0.249 e. The molecule has 164 valence electrons. The van der Waals surface area contributed by atoms with Gasteiger partial charge in [-0.15, -0.1) is 0 Å². The molecule has 0 heterocycles. The summed E-state index contributed by atoms with van der Waals surface area (Å²) in [5.74, 6) is -0.366. The predicted octanol–water partition coefficient (Wildman–Crippen LogP) is 5.34. The summed E-state index contributed by atoms with van der Waals surface area (Å²) in [6.07, 6.45) is 11.8. The van der Waals surface area contributed by atoms with Gasteiger partial charge in [-0.05, 0) is 67.2 Å². The van der Waals surface area contributed by atoms with Crippen LogP contribution in [0.2, 0.25) is 0 Å². The first-order chi connectivity index (χ1) is 13.6. The lowest BCUT2D eigenvalue weighted by Gasteiger charge is -2.13. The topological polar surface area (TPSA) is 61.4 Å². The number of carbonyl (C=O) groups is 1. The number of amides is 1. The first kappa shape index (κ1) is 26.9. The van der Waals surface area contributed by atoms with Gasteiger partial charge in [0.2, 0.25) is 5.91 Å². The zero-order chi connectivity index (χ0) is 22.2. The third-order valence-corrected chi connectivity index (χ3v) is 4.45. The number of allylic oxidation sites excluding steroid dienone is 6. The molecule has 0 saturated carbocycles. The van der Waals surface area contributed by atoms with E-state index in [1.807, 2.05) is 6.08 Å². The summed E-state index contributed by atoms with van der Waals surface area (Å²) < 4.78 is 0. The molecule has 4 nitrogen and oxygen atoms in total. The second-order valence-electron chi connectivity index (χ2n) is 8.19. The molecule has 1 unspecified atom stereocenters. The molecule has 0 aliphatic carbocycles. The van der Waals surface area contributed by atoms with E-state index in [0.717, 1.165) is 25.7 Å². The monoisotopic (exact) mass is 402 g/mol. The van der Waals surface area contributed by atoms with Crippen LogP contribution in [-0.4, -0.2) is 30.2 Å². The van der Waals surface area contributed by atoms with Gasteiger partial charge in [-0.1, -0.05) is 53.2 Å². The lowest BCUT2D eigenvalue weighted by molar-refractivity contribution is -0.129. The molecule has 29 heavy (non-hydrogen) atoms. The Kier molecular flexibility index (Phi) is 14.7. The van der Waals surface area contributed by atoms with E-state index in [4.69, 9.17) is 0 Å². The van der Waals surface area contributed by atoms with Crippen molar-refractivity contribution < 1.29 is 9.90 Å². The fraction of sp³-hybridized carbons (Fsp3) is 0.560. The maximum atomic E-state index is 12.0. The minimum absolute atomic E-state index is 0.208. The lowest BCUT2D eigenvalue weighted by atomic mass is 10.1. The highest BCUT2D eigenvalue weighted by Crippen LogP contribution is 2.07. The second kappa shape index (κ2) is 15.8. The molecular formula is C25H42N2O2. The predicted molar refractivity (Wildman–Crippen MR) is 126 cm³/mol. The second-order valence-corrected chi connectivity index (χ2v) is 8.19. The first-order valence-corrected chi connectivity index (χ1v) is 10.6. The van der Waals surface area contributed by atoms with Gasteiger partial charge in [0.05, 0.1) is 0 Å².